The second kappa shape index (κ2) is 5.92. The van der Waals surface area contributed by atoms with E-state index >= 15 is 0 Å². The average Bonchev–Trinajstić information content (AvgIpc) is 2.95. The lowest BCUT2D eigenvalue weighted by Gasteiger charge is -2.17. The molecule has 3 aromatic rings. The van der Waals surface area contributed by atoms with Gasteiger partial charge in [0.2, 0.25) is 5.91 Å². The van der Waals surface area contributed by atoms with E-state index in [4.69, 9.17) is 4.74 Å². The van der Waals surface area contributed by atoms with Gasteiger partial charge in [0, 0.05) is 17.0 Å². The van der Waals surface area contributed by atoms with Crippen molar-refractivity contribution >= 4 is 16.8 Å². The Kier molecular flexibility index (Phi) is 3.95. The summed E-state index contributed by atoms with van der Waals surface area (Å²) < 4.78 is 7.56. The molecule has 118 valence electrons. The normalized spacial score (nSPS) is 11.6. The van der Waals surface area contributed by atoms with Crippen molar-refractivity contribution < 1.29 is 9.53 Å². The van der Waals surface area contributed by atoms with Crippen LogP contribution in [0.5, 0.6) is 5.75 Å². The first-order chi connectivity index (χ1) is 10.9. The van der Waals surface area contributed by atoms with Gasteiger partial charge in [-0.15, -0.1) is 0 Å². The molecule has 2 aromatic carbocycles. The predicted molar refractivity (Wildman–Crippen MR) is 92.8 cm³/mol. The van der Waals surface area contributed by atoms with E-state index in [2.05, 4.69) is 0 Å². The molecule has 0 saturated heterocycles. The van der Waals surface area contributed by atoms with E-state index in [1.807, 2.05) is 81.6 Å². The van der Waals surface area contributed by atoms with Crippen LogP contribution in [0.15, 0.2) is 60.8 Å². The molecular formula is C20H21NO2. The van der Waals surface area contributed by atoms with Crippen LogP contribution in [0.3, 0.4) is 0 Å². The van der Waals surface area contributed by atoms with Gasteiger partial charge in [-0.1, -0.05) is 51.1 Å². The topological polar surface area (TPSA) is 31.2 Å². The van der Waals surface area contributed by atoms with Crippen LogP contribution in [0.25, 0.3) is 10.9 Å². The number of hydrogen-bond donors (Lipinski definition) is 0. The van der Waals surface area contributed by atoms with Gasteiger partial charge in [0.1, 0.15) is 12.4 Å². The summed E-state index contributed by atoms with van der Waals surface area (Å²) in [6.45, 7) is 6.32. The Labute approximate surface area is 136 Å². The number of carbonyl (C=O) groups is 1. The smallest absolute Gasteiger partial charge is 0.236 e. The third-order valence-corrected chi connectivity index (χ3v) is 3.77. The fourth-order valence-corrected chi connectivity index (χ4v) is 2.49. The Morgan fingerprint density at radius 3 is 2.48 bits per heavy atom. The van der Waals surface area contributed by atoms with Gasteiger partial charge in [-0.2, -0.15) is 0 Å². The summed E-state index contributed by atoms with van der Waals surface area (Å²) >= 11 is 0. The third-order valence-electron chi connectivity index (χ3n) is 3.77. The molecule has 0 bridgehead atoms. The summed E-state index contributed by atoms with van der Waals surface area (Å²) in [5.41, 5.74) is 1.64. The maximum absolute atomic E-state index is 12.5. The van der Waals surface area contributed by atoms with Gasteiger partial charge in [-0.05, 0) is 29.8 Å². The molecule has 3 rings (SSSR count). The van der Waals surface area contributed by atoms with Gasteiger partial charge >= 0.3 is 0 Å². The minimum absolute atomic E-state index is 0.0884. The molecule has 1 heterocycles. The van der Waals surface area contributed by atoms with Gasteiger partial charge in [-0.25, -0.2) is 0 Å². The van der Waals surface area contributed by atoms with Crippen LogP contribution >= 0.6 is 0 Å². The Hall–Kier alpha value is -2.55. The van der Waals surface area contributed by atoms with Crippen molar-refractivity contribution in [3.63, 3.8) is 0 Å². The van der Waals surface area contributed by atoms with Gasteiger partial charge < -0.3 is 4.74 Å². The second-order valence-electron chi connectivity index (χ2n) is 6.74. The van der Waals surface area contributed by atoms with E-state index in [1.54, 1.807) is 4.57 Å². The number of aromatic nitrogens is 1. The number of ether oxygens (including phenoxy) is 1. The van der Waals surface area contributed by atoms with Crippen LogP contribution < -0.4 is 4.74 Å². The Balaban J connectivity index is 1.82. The van der Waals surface area contributed by atoms with Crippen LogP contribution in [-0.4, -0.2) is 10.5 Å². The number of hydrogen-bond acceptors (Lipinski definition) is 2. The highest BCUT2D eigenvalue weighted by Gasteiger charge is 2.24. The maximum Gasteiger partial charge on any atom is 0.236 e. The number of rotatable bonds is 3. The van der Waals surface area contributed by atoms with Crippen molar-refractivity contribution in [2.45, 2.75) is 27.4 Å². The Bertz CT molecular complexity index is 826. The molecule has 23 heavy (non-hydrogen) atoms. The fourth-order valence-electron chi connectivity index (χ4n) is 2.49. The summed E-state index contributed by atoms with van der Waals surface area (Å²) in [7, 11) is 0. The van der Waals surface area contributed by atoms with Gasteiger partial charge in [0.15, 0.2) is 0 Å². The minimum Gasteiger partial charge on any atom is -0.489 e. The van der Waals surface area contributed by atoms with Crippen molar-refractivity contribution in [3.8, 4) is 5.75 Å². The Morgan fingerprint density at radius 2 is 1.78 bits per heavy atom. The highest BCUT2D eigenvalue weighted by atomic mass is 16.5. The largest absolute Gasteiger partial charge is 0.489 e. The zero-order chi connectivity index (χ0) is 16.4. The lowest BCUT2D eigenvalue weighted by Crippen LogP contribution is -2.25. The molecule has 0 aliphatic heterocycles. The summed E-state index contributed by atoms with van der Waals surface area (Å²) in [5.74, 6) is 0.896. The van der Waals surface area contributed by atoms with Gasteiger partial charge in [0.05, 0.1) is 5.52 Å². The molecule has 0 aliphatic rings. The van der Waals surface area contributed by atoms with Crippen LogP contribution in [0.4, 0.5) is 0 Å². The molecule has 0 spiro atoms. The minimum atomic E-state index is -0.408. The van der Waals surface area contributed by atoms with E-state index in [0.717, 1.165) is 22.2 Å². The fraction of sp³-hybridized carbons (Fsp3) is 0.250. The van der Waals surface area contributed by atoms with E-state index in [-0.39, 0.29) is 5.91 Å². The van der Waals surface area contributed by atoms with E-state index in [9.17, 15) is 4.79 Å². The van der Waals surface area contributed by atoms with E-state index in [0.29, 0.717) is 6.61 Å². The molecular weight excluding hydrogens is 286 g/mol. The molecule has 0 fully saturated rings. The quantitative estimate of drug-likeness (QED) is 0.688. The number of fused-ring (bicyclic) bond motifs is 1. The lowest BCUT2D eigenvalue weighted by atomic mass is 9.95. The molecule has 0 saturated carbocycles. The predicted octanol–water partition coefficient (Wildman–Crippen LogP) is 4.91. The molecule has 0 radical (unpaired) electrons. The molecule has 0 N–H and O–H groups in total. The summed E-state index contributed by atoms with van der Waals surface area (Å²) in [6, 6.07) is 17.9. The van der Waals surface area contributed by atoms with Crippen LogP contribution in [-0.2, 0) is 6.61 Å². The molecule has 0 unspecified atom stereocenters. The first kappa shape index (κ1) is 15.3. The summed E-state index contributed by atoms with van der Waals surface area (Å²) in [5, 5.41) is 1.01. The summed E-state index contributed by atoms with van der Waals surface area (Å²) in [6.07, 6.45) is 1.83. The van der Waals surface area contributed by atoms with Crippen LogP contribution in [0.2, 0.25) is 0 Å². The summed E-state index contributed by atoms with van der Waals surface area (Å²) in [4.78, 5) is 12.5. The standard InChI is InChI=1S/C20H21NO2/c1-20(2,3)19(22)21-12-11-16-13-17(9-10-18(16)21)23-14-15-7-5-4-6-8-15/h4-13H,14H2,1-3H3. The first-order valence-corrected chi connectivity index (χ1v) is 7.78. The highest BCUT2D eigenvalue weighted by Crippen LogP contribution is 2.26. The molecule has 3 nitrogen and oxygen atoms in total. The second-order valence-corrected chi connectivity index (χ2v) is 6.74. The zero-order valence-corrected chi connectivity index (χ0v) is 13.7. The lowest BCUT2D eigenvalue weighted by molar-refractivity contribution is 0.0772. The van der Waals surface area contributed by atoms with E-state index < -0.39 is 5.41 Å². The van der Waals surface area contributed by atoms with Crippen molar-refractivity contribution in [2.75, 3.05) is 0 Å². The molecule has 3 heteroatoms. The Morgan fingerprint density at radius 1 is 1.04 bits per heavy atom. The zero-order valence-electron chi connectivity index (χ0n) is 13.7. The maximum atomic E-state index is 12.5. The van der Waals surface area contributed by atoms with Crippen molar-refractivity contribution in [2.24, 2.45) is 5.41 Å². The molecule has 0 amide bonds. The number of nitrogens with zero attached hydrogens (tertiary/aromatic N) is 1. The van der Waals surface area contributed by atoms with Crippen LogP contribution in [0.1, 0.15) is 31.1 Å². The molecule has 0 atom stereocenters. The third kappa shape index (κ3) is 3.29. The van der Waals surface area contributed by atoms with Crippen molar-refractivity contribution in [3.05, 3.63) is 66.4 Å². The van der Waals surface area contributed by atoms with Crippen LogP contribution in [0, 0.1) is 5.41 Å². The molecule has 0 aliphatic carbocycles. The SMILES string of the molecule is CC(C)(C)C(=O)n1ccc2cc(OCc3ccccc3)ccc21. The van der Waals surface area contributed by atoms with Crippen molar-refractivity contribution in [1.29, 1.82) is 0 Å². The average molecular weight is 307 g/mol. The molecule has 1 aromatic heterocycles. The first-order valence-electron chi connectivity index (χ1n) is 7.78. The van der Waals surface area contributed by atoms with Gasteiger partial charge in [0.25, 0.3) is 0 Å². The highest BCUT2D eigenvalue weighted by molar-refractivity contribution is 5.95. The number of benzene rings is 2. The van der Waals surface area contributed by atoms with Crippen molar-refractivity contribution in [1.82, 2.24) is 4.57 Å². The monoisotopic (exact) mass is 307 g/mol. The van der Waals surface area contributed by atoms with Gasteiger partial charge in [-0.3, -0.25) is 9.36 Å². The van der Waals surface area contributed by atoms with E-state index in [1.165, 1.54) is 0 Å². The number of carbonyl (C=O) groups excluding carboxylic acids is 1.